The van der Waals surface area contributed by atoms with Crippen LogP contribution in [0.5, 0.6) is 0 Å². The highest BCUT2D eigenvalue weighted by molar-refractivity contribution is 6.05. The lowest BCUT2D eigenvalue weighted by molar-refractivity contribution is -0.384. The van der Waals surface area contributed by atoms with Crippen molar-refractivity contribution in [2.75, 3.05) is 23.7 Å². The molecule has 0 saturated carbocycles. The van der Waals surface area contributed by atoms with Gasteiger partial charge >= 0.3 is 0 Å². The molecule has 3 amide bonds. The zero-order valence-corrected chi connectivity index (χ0v) is 17.2. The molecule has 0 bridgehead atoms. The summed E-state index contributed by atoms with van der Waals surface area (Å²) in [6.07, 6.45) is 2.11. The summed E-state index contributed by atoms with van der Waals surface area (Å²) in [5.74, 6) is -1.03. The molecule has 9 nitrogen and oxygen atoms in total. The standard InChI is InChI=1S/C22H24N4O5/c1-2-3-11-25-14-16(12-20(25)27)22(29)23-17-9-7-15(8-10-17)21(28)24-18-5-4-6-19(13-18)26(30)31/h4-10,13,16H,2-3,11-12,14H2,1H3,(H,23,29)(H,24,28)/t16-/m1/s1. The predicted molar refractivity (Wildman–Crippen MR) is 116 cm³/mol. The fourth-order valence-corrected chi connectivity index (χ4v) is 3.36. The maximum atomic E-state index is 12.5. The average molecular weight is 424 g/mol. The van der Waals surface area contributed by atoms with Gasteiger partial charge in [-0.05, 0) is 36.8 Å². The number of rotatable bonds is 8. The van der Waals surface area contributed by atoms with Crippen LogP contribution in [0.15, 0.2) is 48.5 Å². The number of nitro benzene ring substituents is 1. The van der Waals surface area contributed by atoms with Crippen molar-refractivity contribution in [3.05, 3.63) is 64.2 Å². The first-order valence-corrected chi connectivity index (χ1v) is 10.1. The number of carbonyl (C=O) groups excluding carboxylic acids is 3. The topological polar surface area (TPSA) is 122 Å². The molecule has 1 aliphatic heterocycles. The van der Waals surface area contributed by atoms with Gasteiger partial charge in [-0.1, -0.05) is 19.4 Å². The van der Waals surface area contributed by atoms with E-state index in [0.717, 1.165) is 12.8 Å². The van der Waals surface area contributed by atoms with E-state index in [4.69, 9.17) is 0 Å². The molecule has 1 fully saturated rings. The molecule has 0 unspecified atom stereocenters. The molecule has 9 heteroatoms. The smallest absolute Gasteiger partial charge is 0.271 e. The van der Waals surface area contributed by atoms with Gasteiger partial charge in [0.1, 0.15) is 0 Å². The van der Waals surface area contributed by atoms with E-state index in [0.29, 0.717) is 30.0 Å². The van der Waals surface area contributed by atoms with Crippen molar-refractivity contribution in [1.82, 2.24) is 4.90 Å². The molecule has 0 radical (unpaired) electrons. The third kappa shape index (κ3) is 5.65. The van der Waals surface area contributed by atoms with Gasteiger partial charge in [0.15, 0.2) is 0 Å². The Morgan fingerprint density at radius 2 is 1.87 bits per heavy atom. The number of nitro groups is 1. The van der Waals surface area contributed by atoms with Crippen LogP contribution in [-0.2, 0) is 9.59 Å². The Bertz CT molecular complexity index is 990. The summed E-state index contributed by atoms with van der Waals surface area (Å²) >= 11 is 0. The van der Waals surface area contributed by atoms with E-state index in [1.807, 2.05) is 0 Å². The Morgan fingerprint density at radius 3 is 2.55 bits per heavy atom. The van der Waals surface area contributed by atoms with Crippen molar-refractivity contribution in [2.45, 2.75) is 26.2 Å². The highest BCUT2D eigenvalue weighted by atomic mass is 16.6. The molecule has 1 heterocycles. The number of benzene rings is 2. The summed E-state index contributed by atoms with van der Waals surface area (Å²) in [6, 6.07) is 12.0. The van der Waals surface area contributed by atoms with Gasteiger partial charge in [-0.3, -0.25) is 24.5 Å². The quantitative estimate of drug-likeness (QED) is 0.497. The summed E-state index contributed by atoms with van der Waals surface area (Å²) < 4.78 is 0. The summed E-state index contributed by atoms with van der Waals surface area (Å²) in [5.41, 5.74) is 1.06. The van der Waals surface area contributed by atoms with Crippen LogP contribution in [0.25, 0.3) is 0 Å². The van der Waals surface area contributed by atoms with Crippen molar-refractivity contribution in [3.8, 4) is 0 Å². The number of likely N-dealkylation sites (tertiary alicyclic amines) is 1. The van der Waals surface area contributed by atoms with Gasteiger partial charge in [0.05, 0.1) is 10.8 Å². The molecule has 2 aromatic rings. The number of nitrogens with zero attached hydrogens (tertiary/aromatic N) is 2. The van der Waals surface area contributed by atoms with E-state index in [2.05, 4.69) is 17.6 Å². The Balaban J connectivity index is 1.57. The van der Waals surface area contributed by atoms with E-state index >= 15 is 0 Å². The number of nitrogens with one attached hydrogen (secondary N) is 2. The first-order chi connectivity index (χ1) is 14.9. The molecular weight excluding hydrogens is 400 g/mol. The van der Waals surface area contributed by atoms with E-state index in [1.54, 1.807) is 35.2 Å². The van der Waals surface area contributed by atoms with Crippen LogP contribution in [0.2, 0.25) is 0 Å². The second-order valence-electron chi connectivity index (χ2n) is 7.42. The number of anilines is 2. The molecular formula is C22H24N4O5. The maximum absolute atomic E-state index is 12.5. The molecule has 0 aromatic heterocycles. The number of amides is 3. The lowest BCUT2D eigenvalue weighted by Gasteiger charge is -2.16. The fourth-order valence-electron chi connectivity index (χ4n) is 3.36. The number of hydrogen-bond acceptors (Lipinski definition) is 5. The van der Waals surface area contributed by atoms with Crippen LogP contribution < -0.4 is 10.6 Å². The van der Waals surface area contributed by atoms with Crippen LogP contribution in [-0.4, -0.2) is 40.6 Å². The Kier molecular flexibility index (Phi) is 6.96. The second kappa shape index (κ2) is 9.84. The van der Waals surface area contributed by atoms with Crippen LogP contribution >= 0.6 is 0 Å². The van der Waals surface area contributed by atoms with E-state index in [-0.39, 0.29) is 29.8 Å². The number of non-ortho nitro benzene ring substituents is 1. The summed E-state index contributed by atoms with van der Waals surface area (Å²) in [6.45, 7) is 3.15. The zero-order chi connectivity index (χ0) is 22.4. The molecule has 1 atom stereocenters. The molecule has 0 spiro atoms. The van der Waals surface area contributed by atoms with Crippen molar-refractivity contribution in [3.63, 3.8) is 0 Å². The monoisotopic (exact) mass is 424 g/mol. The largest absolute Gasteiger partial charge is 0.342 e. The average Bonchev–Trinajstić information content (AvgIpc) is 3.13. The van der Waals surface area contributed by atoms with E-state index in [9.17, 15) is 24.5 Å². The Labute approximate surface area is 179 Å². The lowest BCUT2D eigenvalue weighted by atomic mass is 10.1. The van der Waals surface area contributed by atoms with Gasteiger partial charge in [-0.15, -0.1) is 0 Å². The van der Waals surface area contributed by atoms with Crippen LogP contribution in [0.1, 0.15) is 36.5 Å². The third-order valence-corrected chi connectivity index (χ3v) is 5.10. The van der Waals surface area contributed by atoms with Gasteiger partial charge in [0, 0.05) is 48.6 Å². The molecule has 1 aliphatic rings. The summed E-state index contributed by atoms with van der Waals surface area (Å²) in [5, 5.41) is 16.3. The molecule has 31 heavy (non-hydrogen) atoms. The molecule has 162 valence electrons. The second-order valence-corrected chi connectivity index (χ2v) is 7.42. The van der Waals surface area contributed by atoms with Crippen LogP contribution in [0, 0.1) is 16.0 Å². The fraction of sp³-hybridized carbons (Fsp3) is 0.318. The normalized spacial score (nSPS) is 15.6. The summed E-state index contributed by atoms with van der Waals surface area (Å²) in [4.78, 5) is 49.0. The number of carbonyl (C=O) groups is 3. The van der Waals surface area contributed by atoms with Crippen LogP contribution in [0.3, 0.4) is 0 Å². The minimum Gasteiger partial charge on any atom is -0.342 e. The van der Waals surface area contributed by atoms with Gasteiger partial charge < -0.3 is 15.5 Å². The van der Waals surface area contributed by atoms with Crippen molar-refractivity contribution < 1.29 is 19.3 Å². The molecule has 3 rings (SSSR count). The molecule has 0 aliphatic carbocycles. The van der Waals surface area contributed by atoms with Gasteiger partial charge in [0.25, 0.3) is 11.6 Å². The first-order valence-electron chi connectivity index (χ1n) is 10.1. The zero-order valence-electron chi connectivity index (χ0n) is 17.2. The number of hydrogen-bond donors (Lipinski definition) is 2. The maximum Gasteiger partial charge on any atom is 0.271 e. The predicted octanol–water partition coefficient (Wildman–Crippen LogP) is 3.43. The van der Waals surface area contributed by atoms with Crippen molar-refractivity contribution in [1.29, 1.82) is 0 Å². The van der Waals surface area contributed by atoms with Gasteiger partial charge in [-0.2, -0.15) is 0 Å². The minimum absolute atomic E-state index is 0.00164. The highest BCUT2D eigenvalue weighted by Gasteiger charge is 2.33. The molecule has 1 saturated heterocycles. The van der Waals surface area contributed by atoms with Crippen molar-refractivity contribution >= 4 is 34.8 Å². The van der Waals surface area contributed by atoms with Crippen molar-refractivity contribution in [2.24, 2.45) is 5.92 Å². The van der Waals surface area contributed by atoms with Gasteiger partial charge in [0.2, 0.25) is 11.8 Å². The number of unbranched alkanes of at least 4 members (excludes halogenated alkanes) is 1. The minimum atomic E-state index is -0.534. The lowest BCUT2D eigenvalue weighted by Crippen LogP contribution is -2.29. The summed E-state index contributed by atoms with van der Waals surface area (Å²) in [7, 11) is 0. The van der Waals surface area contributed by atoms with E-state index < -0.39 is 10.8 Å². The SMILES string of the molecule is CCCCN1C[C@H](C(=O)Nc2ccc(C(=O)Nc3cccc([N+](=O)[O-])c3)cc2)CC1=O. The van der Waals surface area contributed by atoms with E-state index in [1.165, 1.54) is 18.2 Å². The Hall–Kier alpha value is -3.75. The third-order valence-electron chi connectivity index (χ3n) is 5.10. The molecule has 2 aromatic carbocycles. The first kappa shape index (κ1) is 21.9. The molecule has 2 N–H and O–H groups in total. The van der Waals surface area contributed by atoms with Gasteiger partial charge in [-0.25, -0.2) is 0 Å². The Morgan fingerprint density at radius 1 is 1.13 bits per heavy atom. The van der Waals surface area contributed by atoms with Crippen LogP contribution in [0.4, 0.5) is 17.1 Å². The highest BCUT2D eigenvalue weighted by Crippen LogP contribution is 2.21.